The minimum Gasteiger partial charge on any atom is -0.497 e. The fraction of sp³-hybridized carbons (Fsp3) is 0.435. The van der Waals surface area contributed by atoms with Crippen LogP contribution in [0.15, 0.2) is 53.5 Å². The van der Waals surface area contributed by atoms with Crippen molar-refractivity contribution in [3.05, 3.63) is 59.7 Å². The lowest BCUT2D eigenvalue weighted by Gasteiger charge is -2.34. The van der Waals surface area contributed by atoms with Crippen LogP contribution in [0.5, 0.6) is 5.75 Å². The van der Waals surface area contributed by atoms with Crippen LogP contribution in [0.3, 0.4) is 0 Å². The molecule has 0 radical (unpaired) electrons. The van der Waals surface area contributed by atoms with Crippen LogP contribution in [0, 0.1) is 0 Å². The molecular formula is C23H33IN4O2. The van der Waals surface area contributed by atoms with Gasteiger partial charge in [-0.05, 0) is 41.3 Å². The van der Waals surface area contributed by atoms with Crippen LogP contribution in [0.25, 0.3) is 0 Å². The van der Waals surface area contributed by atoms with Crippen molar-refractivity contribution in [1.82, 2.24) is 4.90 Å². The lowest BCUT2D eigenvalue weighted by molar-refractivity contribution is 0.0180. The van der Waals surface area contributed by atoms with Crippen molar-refractivity contribution >= 4 is 35.6 Å². The molecule has 1 atom stereocenters. The van der Waals surface area contributed by atoms with Gasteiger partial charge in [0.2, 0.25) is 0 Å². The zero-order valence-electron chi connectivity index (χ0n) is 18.0. The first-order chi connectivity index (χ1) is 14.1. The van der Waals surface area contributed by atoms with Gasteiger partial charge in [0.05, 0.1) is 32.9 Å². The summed E-state index contributed by atoms with van der Waals surface area (Å²) in [5, 5.41) is 3.23. The van der Waals surface area contributed by atoms with Crippen LogP contribution in [0.1, 0.15) is 36.9 Å². The van der Waals surface area contributed by atoms with E-state index in [0.717, 1.165) is 37.7 Å². The monoisotopic (exact) mass is 524 g/mol. The number of hydrogen-bond acceptors (Lipinski definition) is 4. The number of ether oxygens (including phenoxy) is 2. The van der Waals surface area contributed by atoms with Gasteiger partial charge in [-0.25, -0.2) is 0 Å². The molecule has 1 aliphatic rings. The van der Waals surface area contributed by atoms with E-state index in [1.54, 1.807) is 7.11 Å². The summed E-state index contributed by atoms with van der Waals surface area (Å²) in [5.41, 5.74) is 9.64. The Morgan fingerprint density at radius 1 is 1.13 bits per heavy atom. The second kappa shape index (κ2) is 12.1. The standard InChI is InChI=1S/C23H32N4O2.HI/c1-17(2)19-5-4-6-20(15-19)26-23(24)25-16-22(27-11-13-29-14-12-27)18-7-9-21(28-3)10-8-18;/h4-10,15,17,22H,11-14,16H2,1-3H3,(H3,24,25,26);1H. The number of halogens is 1. The molecule has 1 unspecified atom stereocenters. The average molecular weight is 524 g/mol. The number of anilines is 1. The van der Waals surface area contributed by atoms with Gasteiger partial charge in [-0.3, -0.25) is 9.89 Å². The lowest BCUT2D eigenvalue weighted by Crippen LogP contribution is -2.40. The molecule has 1 saturated heterocycles. The zero-order chi connectivity index (χ0) is 20.6. The van der Waals surface area contributed by atoms with Crippen molar-refractivity contribution in [2.45, 2.75) is 25.8 Å². The van der Waals surface area contributed by atoms with Crippen LogP contribution in [0.2, 0.25) is 0 Å². The number of rotatable bonds is 7. The normalized spacial score (nSPS) is 16.1. The summed E-state index contributed by atoms with van der Waals surface area (Å²) < 4.78 is 10.8. The summed E-state index contributed by atoms with van der Waals surface area (Å²) in [6, 6.07) is 16.6. The Morgan fingerprint density at radius 3 is 2.47 bits per heavy atom. The first-order valence-electron chi connectivity index (χ1n) is 10.2. The summed E-state index contributed by atoms with van der Waals surface area (Å²) in [4.78, 5) is 7.06. The van der Waals surface area contributed by atoms with E-state index in [2.05, 4.69) is 53.3 Å². The third-order valence-electron chi connectivity index (χ3n) is 5.25. The van der Waals surface area contributed by atoms with Crippen molar-refractivity contribution < 1.29 is 9.47 Å². The molecule has 3 N–H and O–H groups in total. The van der Waals surface area contributed by atoms with Crippen LogP contribution in [0.4, 0.5) is 5.69 Å². The van der Waals surface area contributed by atoms with Crippen LogP contribution in [-0.2, 0) is 4.74 Å². The van der Waals surface area contributed by atoms with Crippen molar-refractivity contribution in [2.24, 2.45) is 10.7 Å². The number of nitrogens with one attached hydrogen (secondary N) is 1. The second-order valence-electron chi connectivity index (χ2n) is 7.57. The number of nitrogens with two attached hydrogens (primary N) is 1. The Balaban J connectivity index is 0.00000320. The first kappa shape index (κ1) is 24.4. The second-order valence-corrected chi connectivity index (χ2v) is 7.57. The van der Waals surface area contributed by atoms with Gasteiger partial charge in [0.25, 0.3) is 0 Å². The minimum absolute atomic E-state index is 0. The third kappa shape index (κ3) is 6.85. The number of benzene rings is 2. The van der Waals surface area contributed by atoms with Gasteiger partial charge in [0, 0.05) is 18.8 Å². The Labute approximate surface area is 196 Å². The molecule has 0 amide bonds. The molecule has 0 bridgehead atoms. The SMILES string of the molecule is COc1ccc(C(CN=C(N)Nc2cccc(C(C)C)c2)N2CCOCC2)cc1.I. The fourth-order valence-corrected chi connectivity index (χ4v) is 3.49. The smallest absolute Gasteiger partial charge is 0.193 e. The van der Waals surface area contributed by atoms with E-state index in [-0.39, 0.29) is 30.0 Å². The number of hydrogen-bond donors (Lipinski definition) is 2. The van der Waals surface area contributed by atoms with Crippen LogP contribution in [-0.4, -0.2) is 50.8 Å². The van der Waals surface area contributed by atoms with Crippen molar-refractivity contribution in [3.63, 3.8) is 0 Å². The summed E-state index contributed by atoms with van der Waals surface area (Å²) in [6.45, 7) is 8.19. The Morgan fingerprint density at radius 2 is 1.83 bits per heavy atom. The fourth-order valence-electron chi connectivity index (χ4n) is 3.49. The Kier molecular flexibility index (Phi) is 9.87. The Hall–Kier alpha value is -1.84. The summed E-state index contributed by atoms with van der Waals surface area (Å²) in [5.74, 6) is 1.75. The largest absolute Gasteiger partial charge is 0.497 e. The van der Waals surface area contributed by atoms with Crippen molar-refractivity contribution in [1.29, 1.82) is 0 Å². The number of guanidine groups is 1. The highest BCUT2D eigenvalue weighted by Crippen LogP contribution is 2.25. The summed E-state index contributed by atoms with van der Waals surface area (Å²) >= 11 is 0. The maximum Gasteiger partial charge on any atom is 0.193 e. The molecule has 0 aliphatic carbocycles. The van der Waals surface area contributed by atoms with Gasteiger partial charge < -0.3 is 20.5 Å². The van der Waals surface area contributed by atoms with Crippen molar-refractivity contribution in [3.8, 4) is 5.75 Å². The molecule has 1 fully saturated rings. The van der Waals surface area contributed by atoms with Crippen LogP contribution >= 0.6 is 24.0 Å². The van der Waals surface area contributed by atoms with Crippen LogP contribution < -0.4 is 15.8 Å². The molecule has 0 aromatic heterocycles. The molecular weight excluding hydrogens is 491 g/mol. The lowest BCUT2D eigenvalue weighted by atomic mass is 10.0. The molecule has 6 nitrogen and oxygen atoms in total. The molecule has 164 valence electrons. The molecule has 1 heterocycles. The van der Waals surface area contributed by atoms with Gasteiger partial charge in [-0.15, -0.1) is 24.0 Å². The molecule has 1 aliphatic heterocycles. The molecule has 3 rings (SSSR count). The topological polar surface area (TPSA) is 72.1 Å². The van der Waals surface area contributed by atoms with E-state index in [0.29, 0.717) is 18.4 Å². The molecule has 2 aromatic rings. The van der Waals surface area contributed by atoms with E-state index in [1.807, 2.05) is 24.3 Å². The number of nitrogens with zero attached hydrogens (tertiary/aromatic N) is 2. The maximum absolute atomic E-state index is 6.21. The van der Waals surface area contributed by atoms with Crippen molar-refractivity contribution in [2.75, 3.05) is 45.3 Å². The van der Waals surface area contributed by atoms with Gasteiger partial charge in [-0.2, -0.15) is 0 Å². The minimum atomic E-state index is 0. The number of aliphatic imine (C=N–C) groups is 1. The summed E-state index contributed by atoms with van der Waals surface area (Å²) in [6.07, 6.45) is 0. The predicted octanol–water partition coefficient (Wildman–Crippen LogP) is 4.24. The van der Waals surface area contributed by atoms with E-state index < -0.39 is 0 Å². The van der Waals surface area contributed by atoms with Gasteiger partial charge in [0.1, 0.15) is 5.75 Å². The molecule has 2 aromatic carbocycles. The molecule has 0 spiro atoms. The first-order valence-corrected chi connectivity index (χ1v) is 10.2. The molecule has 0 saturated carbocycles. The van der Waals surface area contributed by atoms with E-state index >= 15 is 0 Å². The maximum atomic E-state index is 6.21. The number of morpholine rings is 1. The quantitative estimate of drug-likeness (QED) is 0.322. The average Bonchev–Trinajstić information content (AvgIpc) is 2.75. The third-order valence-corrected chi connectivity index (χ3v) is 5.25. The van der Waals surface area contributed by atoms with Gasteiger partial charge in [0.15, 0.2) is 5.96 Å². The highest BCUT2D eigenvalue weighted by atomic mass is 127. The molecule has 30 heavy (non-hydrogen) atoms. The molecule has 7 heteroatoms. The number of methoxy groups -OCH3 is 1. The Bertz CT molecular complexity index is 805. The van der Waals surface area contributed by atoms with E-state index in [1.165, 1.54) is 11.1 Å². The predicted molar refractivity (Wildman–Crippen MR) is 134 cm³/mol. The van der Waals surface area contributed by atoms with Gasteiger partial charge in [-0.1, -0.05) is 38.1 Å². The summed E-state index contributed by atoms with van der Waals surface area (Å²) in [7, 11) is 1.68. The van der Waals surface area contributed by atoms with Gasteiger partial charge >= 0.3 is 0 Å². The van der Waals surface area contributed by atoms with E-state index in [9.17, 15) is 0 Å². The van der Waals surface area contributed by atoms with E-state index in [4.69, 9.17) is 15.2 Å². The zero-order valence-corrected chi connectivity index (χ0v) is 20.3. The highest BCUT2D eigenvalue weighted by molar-refractivity contribution is 14.0. The highest BCUT2D eigenvalue weighted by Gasteiger charge is 2.22.